The number of rotatable bonds is 7. The van der Waals surface area contributed by atoms with Crippen molar-refractivity contribution in [3.05, 3.63) is 40.8 Å². The number of aryl methyl sites for hydroxylation is 1. The van der Waals surface area contributed by atoms with E-state index < -0.39 is 0 Å². The van der Waals surface area contributed by atoms with E-state index in [-0.39, 0.29) is 11.9 Å². The van der Waals surface area contributed by atoms with E-state index in [9.17, 15) is 9.18 Å². The number of benzene rings is 1. The molecule has 0 saturated heterocycles. The predicted octanol–water partition coefficient (Wildman–Crippen LogP) is 4.66. The van der Waals surface area contributed by atoms with E-state index in [0.29, 0.717) is 36.4 Å². The Labute approximate surface area is 165 Å². The molecule has 0 spiro atoms. The summed E-state index contributed by atoms with van der Waals surface area (Å²) in [6, 6.07) is 5.71. The van der Waals surface area contributed by atoms with E-state index in [0.717, 1.165) is 42.5 Å². The molecule has 28 heavy (non-hydrogen) atoms. The smallest absolute Gasteiger partial charge is 0.406 e. The Morgan fingerprint density at radius 1 is 1.32 bits per heavy atom. The molecule has 1 aromatic carbocycles. The SMILES string of the molecule is CCc1ccc(Nc2cc(C3CCC(COC(=O)NC)C3)[nH]n2)c(F)c1CC. The molecule has 1 heterocycles. The minimum atomic E-state index is -0.390. The van der Waals surface area contributed by atoms with Crippen molar-refractivity contribution >= 4 is 17.6 Å². The highest BCUT2D eigenvalue weighted by Gasteiger charge is 2.28. The first kappa shape index (κ1) is 20.2. The molecule has 1 fully saturated rings. The summed E-state index contributed by atoms with van der Waals surface area (Å²) < 4.78 is 20.0. The number of carbonyl (C=O) groups excluding carboxylic acids is 1. The highest BCUT2D eigenvalue weighted by atomic mass is 19.1. The molecule has 0 aliphatic heterocycles. The van der Waals surface area contributed by atoms with Crippen molar-refractivity contribution in [3.8, 4) is 0 Å². The van der Waals surface area contributed by atoms with E-state index in [4.69, 9.17) is 4.74 Å². The van der Waals surface area contributed by atoms with Crippen LogP contribution in [0.5, 0.6) is 0 Å². The van der Waals surface area contributed by atoms with Crippen LogP contribution in [0.25, 0.3) is 0 Å². The lowest BCUT2D eigenvalue weighted by Crippen LogP contribution is -2.22. The number of amides is 1. The maximum absolute atomic E-state index is 14.8. The van der Waals surface area contributed by atoms with Gasteiger partial charge in [-0.25, -0.2) is 9.18 Å². The fraction of sp³-hybridized carbons (Fsp3) is 0.524. The third-order valence-electron chi connectivity index (χ3n) is 5.57. The van der Waals surface area contributed by atoms with Gasteiger partial charge in [-0.2, -0.15) is 5.10 Å². The zero-order chi connectivity index (χ0) is 20.1. The standard InChI is InChI=1S/C21H29FN4O2/c1-4-14-8-9-17(20(22)16(14)5-2)24-19-11-18(25-26-19)15-7-6-13(10-15)12-28-21(27)23-3/h8-9,11,13,15H,4-7,10,12H2,1-3H3,(H,23,27)(H2,24,25,26). The van der Waals surface area contributed by atoms with Crippen LogP contribution in [0, 0.1) is 11.7 Å². The summed E-state index contributed by atoms with van der Waals surface area (Å²) in [6.07, 6.45) is 4.06. The fourth-order valence-electron chi connectivity index (χ4n) is 3.99. The Kier molecular flexibility index (Phi) is 6.54. The number of nitrogens with zero attached hydrogens (tertiary/aromatic N) is 1. The van der Waals surface area contributed by atoms with Gasteiger partial charge in [0.25, 0.3) is 0 Å². The van der Waals surface area contributed by atoms with Gasteiger partial charge in [0.2, 0.25) is 0 Å². The van der Waals surface area contributed by atoms with E-state index >= 15 is 0 Å². The van der Waals surface area contributed by atoms with Gasteiger partial charge in [0.1, 0.15) is 5.82 Å². The Morgan fingerprint density at radius 3 is 2.86 bits per heavy atom. The lowest BCUT2D eigenvalue weighted by molar-refractivity contribution is 0.129. The fourth-order valence-corrected chi connectivity index (χ4v) is 3.99. The van der Waals surface area contributed by atoms with Crippen LogP contribution < -0.4 is 10.6 Å². The maximum Gasteiger partial charge on any atom is 0.406 e. The number of carbonyl (C=O) groups is 1. The Balaban J connectivity index is 1.63. The first-order valence-electron chi connectivity index (χ1n) is 10.0. The number of aromatic nitrogens is 2. The normalized spacial score (nSPS) is 18.9. The molecule has 2 atom stereocenters. The van der Waals surface area contributed by atoms with Crippen molar-refractivity contribution in [2.75, 3.05) is 19.0 Å². The minimum Gasteiger partial charge on any atom is -0.449 e. The lowest BCUT2D eigenvalue weighted by Gasteiger charge is -2.12. The predicted molar refractivity (Wildman–Crippen MR) is 108 cm³/mol. The van der Waals surface area contributed by atoms with E-state index in [1.807, 2.05) is 26.0 Å². The van der Waals surface area contributed by atoms with Crippen molar-refractivity contribution < 1.29 is 13.9 Å². The second-order valence-corrected chi connectivity index (χ2v) is 7.33. The monoisotopic (exact) mass is 388 g/mol. The van der Waals surface area contributed by atoms with Gasteiger partial charge in [-0.05, 0) is 55.2 Å². The van der Waals surface area contributed by atoms with Crippen molar-refractivity contribution in [1.29, 1.82) is 0 Å². The largest absolute Gasteiger partial charge is 0.449 e. The van der Waals surface area contributed by atoms with Crippen LogP contribution in [0.15, 0.2) is 18.2 Å². The molecule has 6 nitrogen and oxygen atoms in total. The molecular formula is C21H29FN4O2. The average molecular weight is 388 g/mol. The molecule has 1 saturated carbocycles. The highest BCUT2D eigenvalue weighted by molar-refractivity contribution is 5.66. The van der Waals surface area contributed by atoms with Gasteiger partial charge < -0.3 is 15.4 Å². The molecule has 2 aromatic rings. The number of halogens is 1. The first-order valence-corrected chi connectivity index (χ1v) is 10.0. The second kappa shape index (κ2) is 9.08. The molecule has 1 aliphatic rings. The Morgan fingerprint density at radius 2 is 2.14 bits per heavy atom. The van der Waals surface area contributed by atoms with Gasteiger partial charge in [0.15, 0.2) is 5.82 Å². The molecule has 3 N–H and O–H groups in total. The van der Waals surface area contributed by atoms with Gasteiger partial charge in [-0.3, -0.25) is 5.10 Å². The number of ether oxygens (including phenoxy) is 1. The van der Waals surface area contributed by atoms with Crippen molar-refractivity contribution in [2.45, 2.75) is 51.9 Å². The molecule has 0 bridgehead atoms. The Hall–Kier alpha value is -2.57. The van der Waals surface area contributed by atoms with Crippen LogP contribution in [0.4, 0.5) is 20.7 Å². The molecule has 1 amide bonds. The molecule has 1 aromatic heterocycles. The highest BCUT2D eigenvalue weighted by Crippen LogP contribution is 2.38. The van der Waals surface area contributed by atoms with Crippen LogP contribution in [0.2, 0.25) is 0 Å². The summed E-state index contributed by atoms with van der Waals surface area (Å²) in [7, 11) is 1.56. The number of nitrogens with one attached hydrogen (secondary N) is 3. The zero-order valence-electron chi connectivity index (χ0n) is 16.8. The van der Waals surface area contributed by atoms with Crippen LogP contribution >= 0.6 is 0 Å². The van der Waals surface area contributed by atoms with E-state index in [2.05, 4.69) is 20.8 Å². The molecule has 2 unspecified atom stereocenters. The first-order chi connectivity index (χ1) is 13.5. The summed E-state index contributed by atoms with van der Waals surface area (Å²) >= 11 is 0. The van der Waals surface area contributed by atoms with Gasteiger partial charge in [0.05, 0.1) is 12.3 Å². The zero-order valence-corrected chi connectivity index (χ0v) is 16.8. The number of alkyl carbamates (subject to hydrolysis) is 1. The third-order valence-corrected chi connectivity index (χ3v) is 5.57. The van der Waals surface area contributed by atoms with E-state index in [1.54, 1.807) is 13.1 Å². The molecule has 1 aliphatic carbocycles. The van der Waals surface area contributed by atoms with Crippen molar-refractivity contribution in [2.24, 2.45) is 5.92 Å². The van der Waals surface area contributed by atoms with Crippen molar-refractivity contribution in [3.63, 3.8) is 0 Å². The van der Waals surface area contributed by atoms with Crippen LogP contribution in [0.3, 0.4) is 0 Å². The topological polar surface area (TPSA) is 79.0 Å². The quantitative estimate of drug-likeness (QED) is 0.645. The van der Waals surface area contributed by atoms with Crippen LogP contribution in [-0.2, 0) is 17.6 Å². The summed E-state index contributed by atoms with van der Waals surface area (Å²) in [4.78, 5) is 11.2. The maximum atomic E-state index is 14.8. The van der Waals surface area contributed by atoms with Crippen molar-refractivity contribution in [1.82, 2.24) is 15.5 Å². The Bertz CT molecular complexity index is 821. The molecule has 3 rings (SSSR count). The molecule has 7 heteroatoms. The number of aromatic amines is 1. The molecule has 152 valence electrons. The number of anilines is 2. The van der Waals surface area contributed by atoms with Gasteiger partial charge in [-0.15, -0.1) is 0 Å². The summed E-state index contributed by atoms with van der Waals surface area (Å²) in [5.74, 6) is 1.12. The van der Waals surface area contributed by atoms with E-state index in [1.165, 1.54) is 0 Å². The number of hydrogen-bond acceptors (Lipinski definition) is 4. The summed E-state index contributed by atoms with van der Waals surface area (Å²) in [5, 5.41) is 13.0. The minimum absolute atomic E-state index is 0.196. The van der Waals surface area contributed by atoms with Gasteiger partial charge >= 0.3 is 6.09 Å². The number of H-pyrrole nitrogens is 1. The van der Waals surface area contributed by atoms with Crippen LogP contribution in [0.1, 0.15) is 55.8 Å². The third kappa shape index (κ3) is 4.46. The number of hydrogen-bond donors (Lipinski definition) is 3. The second-order valence-electron chi connectivity index (χ2n) is 7.33. The molecular weight excluding hydrogens is 359 g/mol. The summed E-state index contributed by atoms with van der Waals surface area (Å²) in [6.45, 7) is 4.44. The van der Waals surface area contributed by atoms with Gasteiger partial charge in [-0.1, -0.05) is 19.9 Å². The molecule has 0 radical (unpaired) electrons. The summed E-state index contributed by atoms with van der Waals surface area (Å²) in [5.41, 5.74) is 3.30. The average Bonchev–Trinajstić information content (AvgIpc) is 3.36. The lowest BCUT2D eigenvalue weighted by atomic mass is 10.0. The van der Waals surface area contributed by atoms with Crippen LogP contribution in [-0.4, -0.2) is 29.9 Å². The van der Waals surface area contributed by atoms with Gasteiger partial charge in [0, 0.05) is 24.7 Å².